The van der Waals surface area contributed by atoms with Crippen LogP contribution in [0.25, 0.3) is 10.9 Å². The largest absolute Gasteiger partial charge is 0.361 e. The molecule has 2 amide bonds. The van der Waals surface area contributed by atoms with E-state index in [-0.39, 0.29) is 6.03 Å². The van der Waals surface area contributed by atoms with Crippen molar-refractivity contribution in [3.63, 3.8) is 0 Å². The van der Waals surface area contributed by atoms with Crippen molar-refractivity contribution in [3.05, 3.63) is 35.0 Å². The molecule has 1 aromatic heterocycles. The average Bonchev–Trinajstić information content (AvgIpc) is 3.19. The molecule has 2 atom stereocenters. The summed E-state index contributed by atoms with van der Waals surface area (Å²) >= 11 is 6.13. The number of hydrogen-bond donors (Lipinski definition) is 3. The smallest absolute Gasteiger partial charge is 0.317 e. The van der Waals surface area contributed by atoms with Gasteiger partial charge in [-0.15, -0.1) is 0 Å². The molecule has 0 aliphatic carbocycles. The van der Waals surface area contributed by atoms with Gasteiger partial charge >= 0.3 is 6.03 Å². The fourth-order valence-corrected chi connectivity index (χ4v) is 4.18. The van der Waals surface area contributed by atoms with E-state index in [1.165, 1.54) is 10.9 Å². The number of urea groups is 1. The summed E-state index contributed by atoms with van der Waals surface area (Å²) in [6.45, 7) is 2.61. The van der Waals surface area contributed by atoms with Crippen LogP contribution in [-0.2, 0) is 6.42 Å². The number of carbonyl (C=O) groups is 1. The van der Waals surface area contributed by atoms with Crippen LogP contribution in [0.15, 0.2) is 24.4 Å². The molecule has 2 aliphatic heterocycles. The predicted octanol–water partition coefficient (Wildman–Crippen LogP) is 2.90. The number of piperidine rings is 1. The van der Waals surface area contributed by atoms with E-state index in [9.17, 15) is 4.79 Å². The minimum atomic E-state index is 0.104. The minimum absolute atomic E-state index is 0.104. The van der Waals surface area contributed by atoms with E-state index in [2.05, 4.69) is 21.8 Å². The third-order valence-electron chi connectivity index (χ3n) is 5.29. The third kappa shape index (κ3) is 3.10. The van der Waals surface area contributed by atoms with Crippen molar-refractivity contribution in [3.8, 4) is 0 Å². The lowest BCUT2D eigenvalue weighted by Crippen LogP contribution is -2.49. The van der Waals surface area contributed by atoms with Crippen LogP contribution in [0.2, 0.25) is 5.02 Å². The van der Waals surface area contributed by atoms with Crippen molar-refractivity contribution in [1.29, 1.82) is 0 Å². The fourth-order valence-electron chi connectivity index (χ4n) is 4.01. The van der Waals surface area contributed by atoms with Crippen LogP contribution >= 0.6 is 11.6 Å². The van der Waals surface area contributed by atoms with Gasteiger partial charge in [0.15, 0.2) is 0 Å². The first-order valence-corrected chi connectivity index (χ1v) is 9.12. The number of fused-ring (bicyclic) bond motifs is 1. The van der Waals surface area contributed by atoms with Gasteiger partial charge in [-0.25, -0.2) is 4.79 Å². The topological polar surface area (TPSA) is 60.2 Å². The Morgan fingerprint density at radius 1 is 1.29 bits per heavy atom. The zero-order valence-electron chi connectivity index (χ0n) is 13.6. The lowest BCUT2D eigenvalue weighted by molar-refractivity contribution is 0.169. The molecule has 2 aromatic rings. The fraction of sp³-hybridized carbons (Fsp3) is 0.500. The Hall–Kier alpha value is -1.72. The average molecular weight is 347 g/mol. The zero-order valence-corrected chi connectivity index (χ0v) is 14.4. The molecular weight excluding hydrogens is 324 g/mol. The number of nitrogens with one attached hydrogen (secondary N) is 3. The Bertz CT molecular complexity index is 744. The van der Waals surface area contributed by atoms with Crippen LogP contribution in [0.4, 0.5) is 4.79 Å². The van der Waals surface area contributed by atoms with E-state index >= 15 is 0 Å². The van der Waals surface area contributed by atoms with Gasteiger partial charge in [-0.3, -0.25) is 0 Å². The summed E-state index contributed by atoms with van der Waals surface area (Å²) in [7, 11) is 0. The summed E-state index contributed by atoms with van der Waals surface area (Å²) < 4.78 is 0. The molecule has 128 valence electrons. The van der Waals surface area contributed by atoms with Crippen molar-refractivity contribution >= 4 is 28.5 Å². The summed E-state index contributed by atoms with van der Waals surface area (Å²) in [6.07, 6.45) is 6.26. The highest BCUT2D eigenvalue weighted by Crippen LogP contribution is 2.25. The maximum absolute atomic E-state index is 11.9. The molecule has 0 spiro atoms. The molecule has 0 radical (unpaired) electrons. The van der Waals surface area contributed by atoms with Crippen LogP contribution < -0.4 is 10.6 Å². The first kappa shape index (κ1) is 15.8. The number of carbonyl (C=O) groups excluding carboxylic acids is 1. The van der Waals surface area contributed by atoms with Gasteiger partial charge in [0, 0.05) is 47.3 Å². The first-order chi connectivity index (χ1) is 11.7. The van der Waals surface area contributed by atoms with E-state index in [0.29, 0.717) is 12.1 Å². The molecule has 3 heterocycles. The Balaban J connectivity index is 1.39. The standard InChI is InChI=1S/C18H23ClN4O/c19-13-2-4-17-16(9-13)12(11-22-17)1-3-14-10-15(5-6-20-14)23-8-7-21-18(23)24/h2,4,9,11,14-15,20,22H,1,3,5-8,10H2,(H,21,24). The van der Waals surface area contributed by atoms with E-state index in [4.69, 9.17) is 11.6 Å². The van der Waals surface area contributed by atoms with Crippen LogP contribution in [-0.4, -0.2) is 47.6 Å². The number of aromatic nitrogens is 1. The number of benzene rings is 1. The number of amides is 2. The first-order valence-electron chi connectivity index (χ1n) is 8.74. The molecule has 2 saturated heterocycles. The quantitative estimate of drug-likeness (QED) is 0.797. The summed E-state index contributed by atoms with van der Waals surface area (Å²) in [5.74, 6) is 0. The van der Waals surface area contributed by atoms with Crippen molar-refractivity contribution in [2.45, 2.75) is 37.8 Å². The molecule has 4 rings (SSSR count). The van der Waals surface area contributed by atoms with E-state index in [0.717, 1.165) is 55.9 Å². The van der Waals surface area contributed by atoms with Crippen molar-refractivity contribution in [2.75, 3.05) is 19.6 Å². The molecule has 0 bridgehead atoms. The van der Waals surface area contributed by atoms with Gasteiger partial charge in [-0.2, -0.15) is 0 Å². The maximum Gasteiger partial charge on any atom is 0.317 e. The van der Waals surface area contributed by atoms with Gasteiger partial charge < -0.3 is 20.5 Å². The molecule has 5 nitrogen and oxygen atoms in total. The van der Waals surface area contributed by atoms with Crippen molar-refractivity contribution in [2.24, 2.45) is 0 Å². The van der Waals surface area contributed by atoms with Crippen molar-refractivity contribution < 1.29 is 4.79 Å². The molecule has 0 saturated carbocycles. The van der Waals surface area contributed by atoms with E-state index in [1.807, 2.05) is 23.1 Å². The second-order valence-electron chi connectivity index (χ2n) is 6.80. The molecule has 1 aromatic carbocycles. The second kappa shape index (κ2) is 6.65. The molecule has 2 fully saturated rings. The van der Waals surface area contributed by atoms with E-state index in [1.54, 1.807) is 0 Å². The molecule has 24 heavy (non-hydrogen) atoms. The highest BCUT2D eigenvalue weighted by atomic mass is 35.5. The van der Waals surface area contributed by atoms with Gasteiger partial charge in [0.1, 0.15) is 0 Å². The van der Waals surface area contributed by atoms with Crippen LogP contribution in [0.3, 0.4) is 0 Å². The molecule has 3 N–H and O–H groups in total. The molecular formula is C18H23ClN4O. The second-order valence-corrected chi connectivity index (χ2v) is 7.23. The highest BCUT2D eigenvalue weighted by molar-refractivity contribution is 6.31. The number of halogens is 1. The number of hydrogen-bond acceptors (Lipinski definition) is 2. The van der Waals surface area contributed by atoms with Crippen LogP contribution in [0, 0.1) is 0 Å². The van der Waals surface area contributed by atoms with Gasteiger partial charge in [0.05, 0.1) is 0 Å². The van der Waals surface area contributed by atoms with E-state index < -0.39 is 0 Å². The summed E-state index contributed by atoms with van der Waals surface area (Å²) in [5, 5.41) is 8.52. The zero-order chi connectivity index (χ0) is 16.5. The van der Waals surface area contributed by atoms with Crippen LogP contribution in [0.5, 0.6) is 0 Å². The maximum atomic E-state index is 11.9. The number of aromatic amines is 1. The number of H-pyrrole nitrogens is 1. The van der Waals surface area contributed by atoms with Gasteiger partial charge in [0.2, 0.25) is 0 Å². The SMILES string of the molecule is O=C1NCCN1C1CCNC(CCc2c[nH]c3ccc(Cl)cc23)C1. The molecule has 2 aliphatic rings. The number of nitrogens with zero attached hydrogens (tertiary/aromatic N) is 1. The molecule has 6 heteroatoms. The lowest BCUT2D eigenvalue weighted by Gasteiger charge is -2.35. The highest BCUT2D eigenvalue weighted by Gasteiger charge is 2.31. The normalized spacial score (nSPS) is 24.5. The third-order valence-corrected chi connectivity index (χ3v) is 5.52. The minimum Gasteiger partial charge on any atom is -0.361 e. The van der Waals surface area contributed by atoms with Gasteiger partial charge in [-0.05, 0) is 56.0 Å². The van der Waals surface area contributed by atoms with Gasteiger partial charge in [0.25, 0.3) is 0 Å². The Morgan fingerprint density at radius 3 is 3.04 bits per heavy atom. The monoisotopic (exact) mass is 346 g/mol. The van der Waals surface area contributed by atoms with Gasteiger partial charge in [-0.1, -0.05) is 11.6 Å². The van der Waals surface area contributed by atoms with Crippen molar-refractivity contribution in [1.82, 2.24) is 20.5 Å². The predicted molar refractivity (Wildman–Crippen MR) is 96.5 cm³/mol. The molecule has 2 unspecified atom stereocenters. The lowest BCUT2D eigenvalue weighted by atomic mass is 9.93. The summed E-state index contributed by atoms with van der Waals surface area (Å²) in [5.41, 5.74) is 2.45. The Kier molecular flexibility index (Phi) is 4.37. The van der Waals surface area contributed by atoms with Crippen LogP contribution in [0.1, 0.15) is 24.8 Å². The Morgan fingerprint density at radius 2 is 2.21 bits per heavy atom. The summed E-state index contributed by atoms with van der Waals surface area (Å²) in [4.78, 5) is 17.2. The number of rotatable bonds is 4. The number of aryl methyl sites for hydroxylation is 1. The Labute approximate surface area is 146 Å². The summed E-state index contributed by atoms with van der Waals surface area (Å²) in [6, 6.07) is 6.92.